The summed E-state index contributed by atoms with van der Waals surface area (Å²) in [7, 11) is 2.10. The Morgan fingerprint density at radius 2 is 1.88 bits per heavy atom. The summed E-state index contributed by atoms with van der Waals surface area (Å²) in [5, 5.41) is 3.55. The minimum absolute atomic E-state index is 0.206. The van der Waals surface area contributed by atoms with Crippen LogP contribution in [0.15, 0.2) is 36.5 Å². The summed E-state index contributed by atoms with van der Waals surface area (Å²) in [6, 6.07) is 9.02. The van der Waals surface area contributed by atoms with Gasteiger partial charge in [0.25, 0.3) is 5.91 Å². The second-order valence-electron chi connectivity index (χ2n) is 5.84. The Labute approximate surface area is 146 Å². The summed E-state index contributed by atoms with van der Waals surface area (Å²) in [6.07, 6.45) is 1.64. The van der Waals surface area contributed by atoms with E-state index in [9.17, 15) is 4.79 Å². The molecule has 1 aromatic carbocycles. The van der Waals surface area contributed by atoms with E-state index < -0.39 is 0 Å². The summed E-state index contributed by atoms with van der Waals surface area (Å²) >= 11 is 5.86. The molecule has 6 nitrogen and oxygen atoms in total. The van der Waals surface area contributed by atoms with Crippen molar-refractivity contribution in [3.8, 4) is 0 Å². The fourth-order valence-electron chi connectivity index (χ4n) is 2.51. The number of likely N-dealkylation sites (N-methyl/N-ethyl adjacent to an activating group) is 1. The quantitative estimate of drug-likeness (QED) is 0.915. The number of halogens is 1. The molecule has 0 bridgehead atoms. The summed E-state index contributed by atoms with van der Waals surface area (Å²) in [5.74, 6) is 0.407. The first-order valence-corrected chi connectivity index (χ1v) is 8.29. The first-order valence-electron chi connectivity index (χ1n) is 7.91. The largest absolute Gasteiger partial charge is 0.347 e. The maximum Gasteiger partial charge on any atom is 0.270 e. The van der Waals surface area contributed by atoms with Gasteiger partial charge in [-0.05, 0) is 30.8 Å². The topological polar surface area (TPSA) is 61.4 Å². The van der Waals surface area contributed by atoms with Crippen LogP contribution in [-0.4, -0.2) is 54.0 Å². The number of hydrogen-bond donors (Lipinski definition) is 1. The predicted molar refractivity (Wildman–Crippen MR) is 94.4 cm³/mol. The molecule has 1 N–H and O–H groups in total. The van der Waals surface area contributed by atoms with Crippen molar-refractivity contribution in [2.45, 2.75) is 6.54 Å². The van der Waals surface area contributed by atoms with Crippen molar-refractivity contribution in [1.82, 2.24) is 20.2 Å². The Bertz CT molecular complexity index is 698. The molecule has 1 saturated heterocycles. The second-order valence-corrected chi connectivity index (χ2v) is 6.28. The summed E-state index contributed by atoms with van der Waals surface area (Å²) in [4.78, 5) is 25.4. The van der Waals surface area contributed by atoms with E-state index in [1.54, 1.807) is 24.4 Å². The normalized spacial score (nSPS) is 15.3. The van der Waals surface area contributed by atoms with Gasteiger partial charge < -0.3 is 15.1 Å². The van der Waals surface area contributed by atoms with Crippen molar-refractivity contribution < 1.29 is 4.79 Å². The SMILES string of the molecule is CN1CCN(c2nccc(C(=O)NCc3ccc(Cl)cc3)n2)CC1. The number of anilines is 1. The van der Waals surface area contributed by atoms with Crippen molar-refractivity contribution in [1.29, 1.82) is 0 Å². The average molecular weight is 346 g/mol. The Hall–Kier alpha value is -2.18. The fourth-order valence-corrected chi connectivity index (χ4v) is 2.63. The molecule has 0 unspecified atom stereocenters. The smallest absolute Gasteiger partial charge is 0.270 e. The van der Waals surface area contributed by atoms with E-state index in [1.165, 1.54) is 0 Å². The van der Waals surface area contributed by atoms with Crippen LogP contribution >= 0.6 is 11.6 Å². The van der Waals surface area contributed by atoms with Crippen LogP contribution in [0.5, 0.6) is 0 Å². The zero-order chi connectivity index (χ0) is 16.9. The monoisotopic (exact) mass is 345 g/mol. The summed E-state index contributed by atoms with van der Waals surface area (Å²) in [6.45, 7) is 4.11. The van der Waals surface area contributed by atoms with E-state index in [2.05, 4.69) is 32.1 Å². The molecule has 2 aromatic rings. The lowest BCUT2D eigenvalue weighted by Gasteiger charge is -2.32. The van der Waals surface area contributed by atoms with Crippen molar-refractivity contribution in [2.75, 3.05) is 38.1 Å². The van der Waals surface area contributed by atoms with Gasteiger partial charge in [0.1, 0.15) is 5.69 Å². The number of nitrogens with zero attached hydrogens (tertiary/aromatic N) is 4. The average Bonchev–Trinajstić information content (AvgIpc) is 2.62. The number of amides is 1. The highest BCUT2D eigenvalue weighted by atomic mass is 35.5. The van der Waals surface area contributed by atoms with Gasteiger partial charge in [-0.25, -0.2) is 9.97 Å². The zero-order valence-corrected chi connectivity index (χ0v) is 14.3. The first-order chi connectivity index (χ1) is 11.6. The van der Waals surface area contributed by atoms with Gasteiger partial charge in [0.15, 0.2) is 0 Å². The van der Waals surface area contributed by atoms with Gasteiger partial charge in [0.05, 0.1) is 0 Å². The van der Waals surface area contributed by atoms with Crippen LogP contribution in [0.2, 0.25) is 5.02 Å². The third-order valence-corrected chi connectivity index (χ3v) is 4.28. The Kier molecular flexibility index (Phi) is 5.27. The van der Waals surface area contributed by atoms with Crippen molar-refractivity contribution in [3.05, 3.63) is 52.8 Å². The number of carbonyl (C=O) groups excluding carboxylic acids is 1. The number of hydrogen-bond acceptors (Lipinski definition) is 5. The molecule has 1 aliphatic heterocycles. The molecule has 1 amide bonds. The molecule has 0 spiro atoms. The molecule has 0 saturated carbocycles. The number of aromatic nitrogens is 2. The molecule has 126 valence electrons. The van der Waals surface area contributed by atoms with Crippen molar-refractivity contribution in [3.63, 3.8) is 0 Å². The van der Waals surface area contributed by atoms with E-state index in [0.717, 1.165) is 31.7 Å². The Morgan fingerprint density at radius 1 is 1.17 bits per heavy atom. The number of carbonyl (C=O) groups is 1. The number of benzene rings is 1. The number of nitrogens with one attached hydrogen (secondary N) is 1. The summed E-state index contributed by atoms with van der Waals surface area (Å²) in [5.41, 5.74) is 1.37. The molecule has 1 fully saturated rings. The van der Waals surface area contributed by atoms with Gasteiger partial charge in [-0.1, -0.05) is 23.7 Å². The molecule has 1 aliphatic rings. The lowest BCUT2D eigenvalue weighted by molar-refractivity contribution is 0.0946. The van der Waals surface area contributed by atoms with E-state index in [0.29, 0.717) is 23.2 Å². The molecule has 0 aliphatic carbocycles. The van der Waals surface area contributed by atoms with Gasteiger partial charge in [0.2, 0.25) is 5.95 Å². The first kappa shape index (κ1) is 16.7. The summed E-state index contributed by atoms with van der Waals surface area (Å²) < 4.78 is 0. The van der Waals surface area contributed by atoms with Crippen LogP contribution in [0.1, 0.15) is 16.1 Å². The maximum atomic E-state index is 12.3. The maximum absolute atomic E-state index is 12.3. The fraction of sp³-hybridized carbons (Fsp3) is 0.353. The highest BCUT2D eigenvalue weighted by molar-refractivity contribution is 6.30. The molecule has 24 heavy (non-hydrogen) atoms. The minimum Gasteiger partial charge on any atom is -0.347 e. The number of piperazine rings is 1. The van der Waals surface area contributed by atoms with Gasteiger partial charge in [-0.3, -0.25) is 4.79 Å². The van der Waals surface area contributed by atoms with Gasteiger partial charge in [-0.2, -0.15) is 0 Å². The van der Waals surface area contributed by atoms with Crippen molar-refractivity contribution in [2.24, 2.45) is 0 Å². The standard InChI is InChI=1S/C17H20ClN5O/c1-22-8-10-23(11-9-22)17-19-7-6-15(21-17)16(24)20-12-13-2-4-14(18)5-3-13/h2-7H,8-12H2,1H3,(H,20,24). The van der Waals surface area contributed by atoms with Crippen LogP contribution in [0.4, 0.5) is 5.95 Å². The molecule has 0 atom stereocenters. The molecule has 0 radical (unpaired) electrons. The highest BCUT2D eigenvalue weighted by Gasteiger charge is 2.17. The Balaban J connectivity index is 1.62. The molecular weight excluding hydrogens is 326 g/mol. The molecule has 2 heterocycles. The van der Waals surface area contributed by atoms with E-state index >= 15 is 0 Å². The molecule has 3 rings (SSSR count). The van der Waals surface area contributed by atoms with Crippen LogP contribution < -0.4 is 10.2 Å². The zero-order valence-electron chi connectivity index (χ0n) is 13.6. The van der Waals surface area contributed by atoms with E-state index in [4.69, 9.17) is 11.6 Å². The second kappa shape index (κ2) is 7.59. The lowest BCUT2D eigenvalue weighted by Crippen LogP contribution is -2.45. The van der Waals surface area contributed by atoms with Gasteiger partial charge in [0, 0.05) is 43.9 Å². The lowest BCUT2D eigenvalue weighted by atomic mass is 10.2. The van der Waals surface area contributed by atoms with Crippen LogP contribution in [0, 0.1) is 0 Å². The Morgan fingerprint density at radius 3 is 2.58 bits per heavy atom. The highest BCUT2D eigenvalue weighted by Crippen LogP contribution is 2.11. The van der Waals surface area contributed by atoms with E-state index in [-0.39, 0.29) is 5.91 Å². The molecule has 1 aromatic heterocycles. The third kappa shape index (κ3) is 4.21. The van der Waals surface area contributed by atoms with Crippen LogP contribution in [0.25, 0.3) is 0 Å². The predicted octanol–water partition coefficient (Wildman–Crippen LogP) is 1.81. The van der Waals surface area contributed by atoms with E-state index in [1.807, 2.05) is 12.1 Å². The molecule has 7 heteroatoms. The molecular formula is C17H20ClN5O. The van der Waals surface area contributed by atoms with Gasteiger partial charge >= 0.3 is 0 Å². The van der Waals surface area contributed by atoms with Gasteiger partial charge in [-0.15, -0.1) is 0 Å². The van der Waals surface area contributed by atoms with Crippen LogP contribution in [0.3, 0.4) is 0 Å². The van der Waals surface area contributed by atoms with Crippen LogP contribution in [-0.2, 0) is 6.54 Å². The van der Waals surface area contributed by atoms with Crippen molar-refractivity contribution >= 4 is 23.5 Å². The minimum atomic E-state index is -0.206. The third-order valence-electron chi connectivity index (χ3n) is 4.03. The number of rotatable bonds is 4.